The molecule has 4 nitrogen and oxygen atoms in total. The number of hydrazine groups is 1. The summed E-state index contributed by atoms with van der Waals surface area (Å²) in [7, 11) is 0. The zero-order valence-electron chi connectivity index (χ0n) is 9.17. The molecule has 0 unspecified atom stereocenters. The van der Waals surface area contributed by atoms with Gasteiger partial charge in [0.15, 0.2) is 0 Å². The van der Waals surface area contributed by atoms with Crippen molar-refractivity contribution in [1.29, 1.82) is 0 Å². The van der Waals surface area contributed by atoms with Crippen molar-refractivity contribution in [3.05, 3.63) is 30.3 Å². The van der Waals surface area contributed by atoms with Crippen molar-refractivity contribution in [1.82, 2.24) is 0 Å². The van der Waals surface area contributed by atoms with Crippen LogP contribution in [0.4, 0.5) is 5.69 Å². The summed E-state index contributed by atoms with van der Waals surface area (Å²) in [4.78, 5) is 11.1. The van der Waals surface area contributed by atoms with Crippen molar-refractivity contribution < 1.29 is 9.90 Å². The van der Waals surface area contributed by atoms with Crippen LogP contribution in [0, 0.1) is 0 Å². The first kappa shape index (κ1) is 12.9. The van der Waals surface area contributed by atoms with Crippen molar-refractivity contribution in [3.8, 4) is 0 Å². The van der Waals surface area contributed by atoms with E-state index in [1.165, 1.54) is 5.01 Å². The number of hydrogen-bond acceptors (Lipinski definition) is 4. The van der Waals surface area contributed by atoms with Gasteiger partial charge in [0, 0.05) is 0 Å². The van der Waals surface area contributed by atoms with Crippen LogP contribution in [0.2, 0.25) is 0 Å². The van der Waals surface area contributed by atoms with E-state index in [9.17, 15) is 4.79 Å². The highest BCUT2D eigenvalue weighted by Gasteiger charge is 2.22. The van der Waals surface area contributed by atoms with E-state index in [4.69, 9.17) is 10.9 Å². The molecular formula is C11H16N2O2S. The standard InChI is InChI=1S/C11H16N2O2S/c1-16-8-7-10(11(14)15)13(12)9-5-3-2-4-6-9/h2-6,10H,7-8,12H2,1H3,(H,14,15)/t10-/m0/s1. The van der Waals surface area contributed by atoms with Gasteiger partial charge >= 0.3 is 5.97 Å². The van der Waals surface area contributed by atoms with Gasteiger partial charge in [-0.25, -0.2) is 10.6 Å². The summed E-state index contributed by atoms with van der Waals surface area (Å²) in [5.41, 5.74) is 0.719. The second kappa shape index (κ2) is 6.40. The molecule has 1 atom stereocenters. The Morgan fingerprint density at radius 2 is 2.12 bits per heavy atom. The monoisotopic (exact) mass is 240 g/mol. The fourth-order valence-corrected chi connectivity index (χ4v) is 1.85. The molecule has 0 radical (unpaired) electrons. The molecule has 0 amide bonds. The number of carboxylic acids is 1. The number of thioether (sulfide) groups is 1. The summed E-state index contributed by atoms with van der Waals surface area (Å²) in [5.74, 6) is 5.71. The molecule has 16 heavy (non-hydrogen) atoms. The molecule has 0 saturated heterocycles. The highest BCUT2D eigenvalue weighted by molar-refractivity contribution is 7.98. The van der Waals surface area contributed by atoms with Crippen LogP contribution in [0.1, 0.15) is 6.42 Å². The molecule has 0 aliphatic heterocycles. The predicted octanol–water partition coefficient (Wildman–Crippen LogP) is 1.57. The number of para-hydroxylation sites is 1. The van der Waals surface area contributed by atoms with Crippen LogP contribution < -0.4 is 10.9 Å². The molecule has 3 N–H and O–H groups in total. The quantitative estimate of drug-likeness (QED) is 0.583. The Morgan fingerprint density at radius 1 is 1.50 bits per heavy atom. The molecule has 0 aliphatic carbocycles. The lowest BCUT2D eigenvalue weighted by molar-refractivity contribution is -0.138. The number of rotatable bonds is 6. The smallest absolute Gasteiger partial charge is 0.327 e. The Hall–Kier alpha value is -1.20. The predicted molar refractivity (Wildman–Crippen MR) is 67.5 cm³/mol. The van der Waals surface area contributed by atoms with Gasteiger partial charge < -0.3 is 5.11 Å². The lowest BCUT2D eigenvalue weighted by Gasteiger charge is -2.25. The average molecular weight is 240 g/mol. The SMILES string of the molecule is CSCC[C@@H](C(=O)O)N(N)c1ccccc1. The van der Waals surface area contributed by atoms with Gasteiger partial charge in [0.05, 0.1) is 5.69 Å². The summed E-state index contributed by atoms with van der Waals surface area (Å²) in [6, 6.07) is 8.47. The molecule has 0 saturated carbocycles. The third-order valence-electron chi connectivity index (χ3n) is 2.27. The molecule has 0 heterocycles. The molecule has 0 fully saturated rings. The summed E-state index contributed by atoms with van der Waals surface area (Å²) < 4.78 is 0. The zero-order chi connectivity index (χ0) is 12.0. The lowest BCUT2D eigenvalue weighted by atomic mass is 10.2. The Kier molecular flexibility index (Phi) is 5.14. The van der Waals surface area contributed by atoms with E-state index in [0.29, 0.717) is 6.42 Å². The maximum absolute atomic E-state index is 11.1. The third kappa shape index (κ3) is 3.43. The van der Waals surface area contributed by atoms with Crippen LogP contribution in [0.3, 0.4) is 0 Å². The Morgan fingerprint density at radius 3 is 2.62 bits per heavy atom. The Bertz CT molecular complexity index is 332. The first-order chi connectivity index (χ1) is 7.66. The molecular weight excluding hydrogens is 224 g/mol. The molecule has 1 aromatic rings. The van der Waals surface area contributed by atoms with E-state index in [1.807, 2.05) is 24.5 Å². The molecule has 0 aromatic heterocycles. The fraction of sp³-hybridized carbons (Fsp3) is 0.364. The Balaban J connectivity index is 2.75. The largest absolute Gasteiger partial charge is 0.480 e. The minimum absolute atomic E-state index is 0.530. The van der Waals surface area contributed by atoms with Gasteiger partial charge in [-0.05, 0) is 30.6 Å². The van der Waals surface area contributed by atoms with Gasteiger partial charge in [-0.3, -0.25) is 5.01 Å². The number of nitrogens with zero attached hydrogens (tertiary/aromatic N) is 1. The number of benzene rings is 1. The van der Waals surface area contributed by atoms with Crippen LogP contribution in [0.25, 0.3) is 0 Å². The topological polar surface area (TPSA) is 66.6 Å². The van der Waals surface area contributed by atoms with Crippen LogP contribution in [0.15, 0.2) is 30.3 Å². The molecule has 5 heteroatoms. The molecule has 1 aromatic carbocycles. The first-order valence-electron chi connectivity index (χ1n) is 4.97. The molecule has 88 valence electrons. The first-order valence-corrected chi connectivity index (χ1v) is 6.37. The average Bonchev–Trinajstić information content (AvgIpc) is 2.30. The van der Waals surface area contributed by atoms with Crippen LogP contribution in [-0.4, -0.2) is 29.1 Å². The van der Waals surface area contributed by atoms with Crippen LogP contribution in [0.5, 0.6) is 0 Å². The van der Waals surface area contributed by atoms with Crippen molar-refractivity contribution >= 4 is 23.4 Å². The summed E-state index contributed by atoms with van der Waals surface area (Å²) in [6.07, 6.45) is 2.48. The van der Waals surface area contributed by atoms with Gasteiger partial charge in [0.1, 0.15) is 6.04 Å². The number of aliphatic carboxylic acids is 1. The van der Waals surface area contributed by atoms with E-state index >= 15 is 0 Å². The van der Waals surface area contributed by atoms with Gasteiger partial charge in [0.25, 0.3) is 0 Å². The van der Waals surface area contributed by atoms with Gasteiger partial charge in [-0.1, -0.05) is 18.2 Å². The lowest BCUT2D eigenvalue weighted by Crippen LogP contribution is -2.46. The number of carboxylic acid groups (broad SMARTS) is 1. The van der Waals surface area contributed by atoms with E-state index < -0.39 is 12.0 Å². The van der Waals surface area contributed by atoms with E-state index in [-0.39, 0.29) is 0 Å². The molecule has 0 bridgehead atoms. The maximum Gasteiger partial charge on any atom is 0.327 e. The molecule has 1 rings (SSSR count). The van der Waals surface area contributed by atoms with Crippen LogP contribution >= 0.6 is 11.8 Å². The number of nitrogens with two attached hydrogens (primary N) is 1. The van der Waals surface area contributed by atoms with Gasteiger partial charge in [-0.15, -0.1) is 0 Å². The van der Waals surface area contributed by atoms with Crippen molar-refractivity contribution in [3.63, 3.8) is 0 Å². The number of anilines is 1. The molecule has 0 aliphatic rings. The minimum atomic E-state index is -0.889. The molecule has 0 spiro atoms. The summed E-state index contributed by atoms with van der Waals surface area (Å²) >= 11 is 1.61. The normalized spacial score (nSPS) is 12.1. The highest BCUT2D eigenvalue weighted by atomic mass is 32.2. The highest BCUT2D eigenvalue weighted by Crippen LogP contribution is 2.15. The zero-order valence-corrected chi connectivity index (χ0v) is 9.98. The Labute approximate surface area is 99.4 Å². The number of hydrogen-bond donors (Lipinski definition) is 2. The van der Waals surface area contributed by atoms with Gasteiger partial charge in [0.2, 0.25) is 0 Å². The summed E-state index contributed by atoms with van der Waals surface area (Å²) in [5, 5.41) is 10.4. The minimum Gasteiger partial charge on any atom is -0.480 e. The van der Waals surface area contributed by atoms with Crippen molar-refractivity contribution in [2.75, 3.05) is 17.0 Å². The maximum atomic E-state index is 11.1. The third-order valence-corrected chi connectivity index (χ3v) is 2.91. The van der Waals surface area contributed by atoms with Crippen molar-refractivity contribution in [2.24, 2.45) is 5.84 Å². The van der Waals surface area contributed by atoms with Crippen molar-refractivity contribution in [2.45, 2.75) is 12.5 Å². The second-order valence-corrected chi connectivity index (χ2v) is 4.36. The van der Waals surface area contributed by atoms with E-state index in [1.54, 1.807) is 23.9 Å². The number of carbonyl (C=O) groups is 1. The second-order valence-electron chi connectivity index (χ2n) is 3.38. The summed E-state index contributed by atoms with van der Waals surface area (Å²) in [6.45, 7) is 0. The van der Waals surface area contributed by atoms with E-state index in [0.717, 1.165) is 11.4 Å². The van der Waals surface area contributed by atoms with E-state index in [2.05, 4.69) is 0 Å². The van der Waals surface area contributed by atoms with Crippen LogP contribution in [-0.2, 0) is 4.79 Å². The van der Waals surface area contributed by atoms with Gasteiger partial charge in [-0.2, -0.15) is 11.8 Å². The fourth-order valence-electron chi connectivity index (χ4n) is 1.39.